The highest BCUT2D eigenvalue weighted by molar-refractivity contribution is 9.10. The molecule has 0 saturated heterocycles. The van der Waals surface area contributed by atoms with Crippen molar-refractivity contribution in [3.8, 4) is 21.4 Å². The van der Waals surface area contributed by atoms with Gasteiger partial charge in [-0.05, 0) is 65.7 Å². The Balaban J connectivity index is 0.000000177. The van der Waals surface area contributed by atoms with E-state index in [1.54, 1.807) is 53.8 Å². The van der Waals surface area contributed by atoms with E-state index >= 15 is 0 Å². The van der Waals surface area contributed by atoms with E-state index in [9.17, 15) is 34.8 Å². The van der Waals surface area contributed by atoms with Crippen LogP contribution in [0.2, 0.25) is 0 Å². The molecule has 22 heteroatoms. The Morgan fingerprint density at radius 1 is 0.707 bits per heavy atom. The smallest absolute Gasteiger partial charge is 0.311 e. The van der Waals surface area contributed by atoms with Crippen LogP contribution >= 0.6 is 89.8 Å². The number of rotatable bonds is 8. The van der Waals surface area contributed by atoms with Gasteiger partial charge in [0.25, 0.3) is 0 Å². The molecule has 0 unspecified atom stereocenters. The number of alkyl halides is 6. The Kier molecular flexibility index (Phi) is 12.3. The highest BCUT2D eigenvalue weighted by Crippen LogP contribution is 2.46. The maximum Gasteiger partial charge on any atom is 0.446 e. The van der Waals surface area contributed by atoms with Crippen LogP contribution in [0.3, 0.4) is 0 Å². The molecule has 304 valence electrons. The minimum Gasteiger partial charge on any atom is -0.311 e. The number of aromatic nitrogens is 6. The Morgan fingerprint density at radius 2 is 1.17 bits per heavy atom. The molecule has 0 aliphatic rings. The first kappa shape index (κ1) is 43.2. The van der Waals surface area contributed by atoms with Gasteiger partial charge in [-0.2, -0.15) is 26.3 Å². The van der Waals surface area contributed by atoms with Gasteiger partial charge in [-0.1, -0.05) is 57.8 Å². The predicted molar refractivity (Wildman–Crippen MR) is 232 cm³/mol. The molecule has 0 bridgehead atoms. The monoisotopic (exact) mass is 1040 g/mol. The second-order valence-corrected chi connectivity index (χ2v) is 22.0. The molecule has 6 aromatic heterocycles. The van der Waals surface area contributed by atoms with Crippen molar-refractivity contribution in [1.29, 1.82) is 0 Å². The maximum atomic E-state index is 12.9. The van der Waals surface area contributed by atoms with Gasteiger partial charge in [-0.15, -0.1) is 34.4 Å². The summed E-state index contributed by atoms with van der Waals surface area (Å²) in [6.45, 7) is 3.66. The summed E-state index contributed by atoms with van der Waals surface area (Å²) >= 11 is 11.1. The van der Waals surface area contributed by atoms with Gasteiger partial charge >= 0.3 is 11.0 Å². The van der Waals surface area contributed by atoms with Gasteiger partial charge in [0.15, 0.2) is 32.8 Å². The van der Waals surface area contributed by atoms with Crippen LogP contribution in [0.25, 0.3) is 63.9 Å². The SMILES string of the molecule is CCS(=O)(=O)c1c(-c2nc3cc(SC(F)(F)F)cnc3n2C)sc2cc(Br)ccc12.CCSc1c(-c2nc3cc(SC(F)(F)F)cnc3n2C)sc2cc(Br)ccc12. The molecule has 0 spiro atoms. The van der Waals surface area contributed by atoms with Crippen molar-refractivity contribution in [3.63, 3.8) is 0 Å². The fraction of sp³-hybridized carbons (Fsp3) is 0.222. The molecule has 0 aliphatic carbocycles. The minimum atomic E-state index is -4.44. The van der Waals surface area contributed by atoms with Crippen molar-refractivity contribution < 1.29 is 34.8 Å². The lowest BCUT2D eigenvalue weighted by Gasteiger charge is -2.05. The Hall–Kier alpha value is -2.86. The molecule has 0 aliphatic heterocycles. The van der Waals surface area contributed by atoms with Gasteiger partial charge in [-0.25, -0.2) is 28.4 Å². The van der Waals surface area contributed by atoms with Gasteiger partial charge in [0, 0.05) is 70.3 Å². The van der Waals surface area contributed by atoms with Crippen LogP contribution in [-0.4, -0.2) is 60.0 Å². The van der Waals surface area contributed by atoms with E-state index in [4.69, 9.17) is 0 Å². The number of benzene rings is 2. The van der Waals surface area contributed by atoms with Crippen LogP contribution in [0.5, 0.6) is 0 Å². The second kappa shape index (κ2) is 16.5. The van der Waals surface area contributed by atoms with E-state index in [2.05, 4.69) is 70.9 Å². The van der Waals surface area contributed by atoms with Gasteiger partial charge in [-0.3, -0.25) is 0 Å². The highest BCUT2D eigenvalue weighted by atomic mass is 79.9. The zero-order chi connectivity index (χ0) is 41.9. The van der Waals surface area contributed by atoms with Crippen LogP contribution in [0.15, 0.2) is 89.5 Å². The summed E-state index contributed by atoms with van der Waals surface area (Å²) in [5, 5.41) is 1.75. The topological polar surface area (TPSA) is 95.6 Å². The summed E-state index contributed by atoms with van der Waals surface area (Å²) in [6.07, 6.45) is 2.38. The van der Waals surface area contributed by atoms with Gasteiger partial charge in [0.1, 0.15) is 11.0 Å². The van der Waals surface area contributed by atoms with Gasteiger partial charge in [0.2, 0.25) is 0 Å². The molecule has 6 heterocycles. The molecule has 0 N–H and O–H groups in total. The largest absolute Gasteiger partial charge is 0.446 e. The van der Waals surface area contributed by atoms with Crippen molar-refractivity contribution in [2.24, 2.45) is 14.1 Å². The zero-order valence-electron chi connectivity index (χ0n) is 30.2. The second-order valence-electron chi connectivity index (χ2n) is 12.2. The molecule has 58 heavy (non-hydrogen) atoms. The van der Waals surface area contributed by atoms with Crippen LogP contribution in [0, 0.1) is 0 Å². The van der Waals surface area contributed by atoms with E-state index in [1.165, 1.54) is 29.7 Å². The summed E-state index contributed by atoms with van der Waals surface area (Å²) in [4.78, 5) is 20.2. The summed E-state index contributed by atoms with van der Waals surface area (Å²) in [6, 6.07) is 14.2. The van der Waals surface area contributed by atoms with Crippen molar-refractivity contribution in [3.05, 3.63) is 69.9 Å². The van der Waals surface area contributed by atoms with Gasteiger partial charge in [0.05, 0.1) is 20.4 Å². The average molecular weight is 1040 g/mol. The number of pyridine rings is 2. The Labute approximate surface area is 364 Å². The number of aryl methyl sites for hydroxylation is 2. The molecule has 0 atom stereocenters. The third-order valence-corrected chi connectivity index (χ3v) is 16.2. The molecule has 0 amide bonds. The number of imidazole rings is 2. The number of thiophene rings is 2. The molecule has 2 aromatic carbocycles. The van der Waals surface area contributed by atoms with Crippen molar-refractivity contribution in [1.82, 2.24) is 29.1 Å². The van der Waals surface area contributed by atoms with Crippen LogP contribution < -0.4 is 0 Å². The number of hydrogen-bond donors (Lipinski definition) is 0. The number of nitrogens with zero attached hydrogens (tertiary/aromatic N) is 6. The predicted octanol–water partition coefficient (Wildman–Crippen LogP) is 13.4. The van der Waals surface area contributed by atoms with Crippen molar-refractivity contribution >= 4 is 142 Å². The number of sulfone groups is 1. The number of hydrogen-bond acceptors (Lipinski definition) is 11. The molecule has 8 rings (SSSR count). The van der Waals surface area contributed by atoms with Crippen molar-refractivity contribution in [2.45, 2.75) is 44.4 Å². The Morgan fingerprint density at radius 3 is 1.66 bits per heavy atom. The first-order valence-electron chi connectivity index (χ1n) is 16.7. The normalized spacial score (nSPS) is 12.6. The molecule has 8 nitrogen and oxygen atoms in total. The van der Waals surface area contributed by atoms with Gasteiger partial charge < -0.3 is 9.13 Å². The fourth-order valence-corrected chi connectivity index (χ4v) is 13.4. The molecular weight excluding hydrogens is 1010 g/mol. The number of thioether (sulfide) groups is 3. The minimum absolute atomic E-state index is 0.0353. The summed E-state index contributed by atoms with van der Waals surface area (Å²) in [5.41, 5.74) is -7.13. The van der Waals surface area contributed by atoms with Crippen LogP contribution in [0.1, 0.15) is 13.8 Å². The lowest BCUT2D eigenvalue weighted by Crippen LogP contribution is -2.05. The fourth-order valence-electron chi connectivity index (χ4n) is 6.03. The lowest BCUT2D eigenvalue weighted by molar-refractivity contribution is -0.0337. The standard InChI is InChI=1S/C18H13BrF3N3O2S3.C18H13BrF3N3S3/c1-3-30(26,27)15-11-5-4-9(19)6-13(11)28-14(15)17-24-12-7-10(29-18(20,21)22)8-23-16(12)25(17)2;1-3-26-14-11-5-4-9(19)6-13(11)27-15(14)17-24-12-7-10(28-18(20,21)22)8-23-16(12)25(17)2/h4-8H,3H2,1-2H3;4-8H,3H2,1-2H3. The van der Waals surface area contributed by atoms with Crippen LogP contribution in [-0.2, 0) is 23.9 Å². The Bertz CT molecular complexity index is 2980. The summed E-state index contributed by atoms with van der Waals surface area (Å²) in [7, 11) is -0.0852. The number of halogens is 8. The van der Waals surface area contributed by atoms with E-state index in [0.717, 1.165) is 45.5 Å². The average Bonchev–Trinajstić information content (AvgIpc) is 3.87. The molecular formula is C36H26Br2F6N6O2S6. The molecule has 0 radical (unpaired) electrons. The number of fused-ring (bicyclic) bond motifs is 4. The van der Waals surface area contributed by atoms with E-state index < -0.39 is 20.9 Å². The third kappa shape index (κ3) is 8.94. The first-order valence-corrected chi connectivity index (χ1v) is 24.2. The summed E-state index contributed by atoms with van der Waals surface area (Å²) in [5.74, 6) is 1.88. The maximum absolute atomic E-state index is 12.9. The quantitative estimate of drug-likeness (QED) is 0.109. The highest BCUT2D eigenvalue weighted by Gasteiger charge is 2.32. The third-order valence-electron chi connectivity index (χ3n) is 8.43. The van der Waals surface area contributed by atoms with Crippen LogP contribution in [0.4, 0.5) is 26.3 Å². The molecule has 8 aromatic rings. The van der Waals surface area contributed by atoms with E-state index in [-0.39, 0.29) is 49.5 Å². The zero-order valence-corrected chi connectivity index (χ0v) is 38.2. The van der Waals surface area contributed by atoms with E-state index in [0.29, 0.717) is 38.7 Å². The lowest BCUT2D eigenvalue weighted by atomic mass is 10.2. The van der Waals surface area contributed by atoms with E-state index in [1.807, 2.05) is 23.7 Å². The summed E-state index contributed by atoms with van der Waals surface area (Å²) < 4.78 is 109. The first-order chi connectivity index (χ1) is 27.3. The van der Waals surface area contributed by atoms with Crippen molar-refractivity contribution in [2.75, 3.05) is 11.5 Å². The molecule has 0 fully saturated rings. The molecule has 0 saturated carbocycles.